The van der Waals surface area contributed by atoms with Crippen molar-refractivity contribution in [1.29, 1.82) is 0 Å². The lowest BCUT2D eigenvalue weighted by molar-refractivity contribution is -0.155. The maximum absolute atomic E-state index is 12.7. The number of ketones is 2. The predicted molar refractivity (Wildman–Crippen MR) is 90.4 cm³/mol. The fraction of sp³-hybridized carbons (Fsp3) is 0.700. The smallest absolute Gasteiger partial charge is 0.190 e. The molecule has 0 aliphatic heterocycles. The van der Waals surface area contributed by atoms with Crippen molar-refractivity contribution in [3.63, 3.8) is 0 Å². The number of carbonyl (C=O) groups excluding carboxylic acids is 2. The molecule has 0 aromatic carbocycles. The molecule has 0 unspecified atom stereocenters. The quantitative estimate of drug-likeness (QED) is 0.616. The Morgan fingerprint density at radius 3 is 2.44 bits per heavy atom. The van der Waals surface area contributed by atoms with Crippen LogP contribution in [0.5, 0.6) is 0 Å². The van der Waals surface area contributed by atoms with E-state index >= 15 is 0 Å². The molecule has 5 heteroatoms. The van der Waals surface area contributed by atoms with Crippen molar-refractivity contribution < 1.29 is 24.9 Å². The van der Waals surface area contributed by atoms with Crippen molar-refractivity contribution in [1.82, 2.24) is 0 Å². The zero-order valence-corrected chi connectivity index (χ0v) is 15.1. The van der Waals surface area contributed by atoms with E-state index in [1.807, 2.05) is 26.8 Å². The van der Waals surface area contributed by atoms with Crippen LogP contribution in [0.3, 0.4) is 0 Å². The molecular formula is C20H26O5. The summed E-state index contributed by atoms with van der Waals surface area (Å²) >= 11 is 0. The van der Waals surface area contributed by atoms with Crippen LogP contribution in [0.1, 0.15) is 34.1 Å². The number of rotatable bonds is 1. The van der Waals surface area contributed by atoms with Crippen LogP contribution in [-0.2, 0) is 9.59 Å². The van der Waals surface area contributed by atoms with E-state index in [4.69, 9.17) is 0 Å². The molecule has 4 aliphatic carbocycles. The summed E-state index contributed by atoms with van der Waals surface area (Å²) in [6.07, 6.45) is 3.54. The zero-order valence-electron chi connectivity index (χ0n) is 15.1. The van der Waals surface area contributed by atoms with Gasteiger partial charge in [-0.3, -0.25) is 9.59 Å². The molecule has 0 aromatic heterocycles. The largest absolute Gasteiger partial charge is 0.392 e. The molecule has 2 fully saturated rings. The van der Waals surface area contributed by atoms with Gasteiger partial charge in [-0.2, -0.15) is 0 Å². The third-order valence-corrected chi connectivity index (χ3v) is 7.64. The van der Waals surface area contributed by atoms with Gasteiger partial charge in [-0.25, -0.2) is 0 Å². The Morgan fingerprint density at radius 1 is 1.20 bits per heavy atom. The molecule has 5 nitrogen and oxygen atoms in total. The van der Waals surface area contributed by atoms with Crippen LogP contribution >= 0.6 is 0 Å². The minimum absolute atomic E-state index is 0.0259. The van der Waals surface area contributed by atoms with Crippen LogP contribution in [0, 0.1) is 35.0 Å². The second kappa shape index (κ2) is 4.70. The Morgan fingerprint density at radius 2 is 1.84 bits per heavy atom. The highest BCUT2D eigenvalue weighted by molar-refractivity contribution is 6.05. The minimum atomic E-state index is -1.74. The second-order valence-electron chi connectivity index (χ2n) is 9.08. The molecule has 0 spiro atoms. The average molecular weight is 346 g/mol. The van der Waals surface area contributed by atoms with Crippen molar-refractivity contribution in [3.05, 3.63) is 23.3 Å². The zero-order chi connectivity index (χ0) is 18.5. The highest BCUT2D eigenvalue weighted by Gasteiger charge is 2.75. The van der Waals surface area contributed by atoms with Crippen molar-refractivity contribution in [2.45, 2.75) is 45.3 Å². The average Bonchev–Trinajstić information content (AvgIpc) is 2.87. The van der Waals surface area contributed by atoms with Gasteiger partial charge in [0.05, 0.1) is 12.2 Å². The molecule has 0 bridgehead atoms. The molecule has 25 heavy (non-hydrogen) atoms. The van der Waals surface area contributed by atoms with Crippen LogP contribution in [0.4, 0.5) is 0 Å². The number of carbonyl (C=O) groups is 2. The Labute approximate surface area is 147 Å². The highest BCUT2D eigenvalue weighted by Crippen LogP contribution is 2.68. The van der Waals surface area contributed by atoms with Crippen LogP contribution in [-0.4, -0.2) is 44.7 Å². The van der Waals surface area contributed by atoms with Gasteiger partial charge in [-0.15, -0.1) is 0 Å². The Hall–Kier alpha value is -1.30. The molecule has 0 aromatic rings. The van der Waals surface area contributed by atoms with Gasteiger partial charge in [-0.05, 0) is 29.9 Å². The Balaban J connectivity index is 1.94. The fourth-order valence-corrected chi connectivity index (χ4v) is 6.35. The van der Waals surface area contributed by atoms with Crippen LogP contribution < -0.4 is 0 Å². The van der Waals surface area contributed by atoms with Gasteiger partial charge in [0.25, 0.3) is 0 Å². The van der Waals surface area contributed by atoms with E-state index in [0.717, 1.165) is 0 Å². The first-order chi connectivity index (χ1) is 11.5. The van der Waals surface area contributed by atoms with E-state index in [0.29, 0.717) is 11.1 Å². The number of hydrogen-bond donors (Lipinski definition) is 3. The lowest BCUT2D eigenvalue weighted by Gasteiger charge is -2.49. The van der Waals surface area contributed by atoms with Crippen molar-refractivity contribution >= 4 is 11.6 Å². The predicted octanol–water partition coefficient (Wildman–Crippen LogP) is 1.02. The summed E-state index contributed by atoms with van der Waals surface area (Å²) in [5, 5.41) is 32.9. The number of aliphatic hydroxyl groups is 3. The normalized spacial score (nSPS) is 50.3. The van der Waals surface area contributed by atoms with Gasteiger partial charge in [0, 0.05) is 29.6 Å². The highest BCUT2D eigenvalue weighted by atomic mass is 16.3. The molecule has 0 saturated heterocycles. The maximum atomic E-state index is 12.7. The van der Waals surface area contributed by atoms with Crippen LogP contribution in [0.15, 0.2) is 23.3 Å². The Bertz CT molecular complexity index is 747. The molecule has 4 aliphatic rings. The topological polar surface area (TPSA) is 94.8 Å². The van der Waals surface area contributed by atoms with E-state index in [9.17, 15) is 24.9 Å². The third kappa shape index (κ3) is 1.70. The summed E-state index contributed by atoms with van der Waals surface area (Å²) in [6, 6.07) is 0. The summed E-state index contributed by atoms with van der Waals surface area (Å²) in [6.45, 7) is 7.04. The van der Waals surface area contributed by atoms with E-state index in [1.165, 1.54) is 0 Å². The van der Waals surface area contributed by atoms with Gasteiger partial charge < -0.3 is 15.3 Å². The third-order valence-electron chi connectivity index (χ3n) is 7.64. The lowest BCUT2D eigenvalue weighted by atomic mass is 9.52. The maximum Gasteiger partial charge on any atom is 0.190 e. The lowest BCUT2D eigenvalue weighted by Crippen LogP contribution is -2.55. The first-order valence-corrected chi connectivity index (χ1v) is 9.04. The second-order valence-corrected chi connectivity index (χ2v) is 9.08. The number of Topliss-reactive ketones (excluding diaryl/α,β-unsaturated/α-hetero) is 2. The van der Waals surface area contributed by atoms with Crippen LogP contribution in [0.25, 0.3) is 0 Å². The summed E-state index contributed by atoms with van der Waals surface area (Å²) in [4.78, 5) is 25.4. The molecule has 0 amide bonds. The molecule has 3 N–H and O–H groups in total. The SMILES string of the molecule is CC1=C[C@H]2[C@@]3(O)[C@H](C)[C@H]4C(=O)C(C)(C)[C@H]4[C@H]3C=C(CO)C[C@]2(O)C1=O. The monoisotopic (exact) mass is 346 g/mol. The molecule has 4 rings (SSSR count). The van der Waals surface area contributed by atoms with Gasteiger partial charge >= 0.3 is 0 Å². The molecule has 0 radical (unpaired) electrons. The van der Waals surface area contributed by atoms with Gasteiger partial charge in [-0.1, -0.05) is 32.9 Å². The molecule has 2 saturated carbocycles. The molecule has 0 heterocycles. The number of fused-ring (bicyclic) bond motifs is 5. The van der Waals surface area contributed by atoms with Gasteiger partial charge in [0.2, 0.25) is 0 Å². The summed E-state index contributed by atoms with van der Waals surface area (Å²) in [7, 11) is 0. The Kier molecular flexibility index (Phi) is 3.22. The summed E-state index contributed by atoms with van der Waals surface area (Å²) in [5.74, 6) is -2.05. The van der Waals surface area contributed by atoms with E-state index in [1.54, 1.807) is 13.0 Å². The molecular weight excluding hydrogens is 320 g/mol. The fourth-order valence-electron chi connectivity index (χ4n) is 6.35. The standard InChI is InChI=1S/C20H26O5/c1-9-5-13-19(24,16(9)22)7-11(8-21)6-12-15-14(10(2)20(12,13)25)17(23)18(15,3)4/h5-6,10,12-15,21,24-25H,7-8H2,1-4H3/t10-,12-,13-,14-,15+,19-,20-/m1/s1. The van der Waals surface area contributed by atoms with Gasteiger partial charge in [0.1, 0.15) is 11.4 Å². The minimum Gasteiger partial charge on any atom is -0.392 e. The number of hydrogen-bond acceptors (Lipinski definition) is 5. The first-order valence-electron chi connectivity index (χ1n) is 9.04. The summed E-state index contributed by atoms with van der Waals surface area (Å²) < 4.78 is 0. The van der Waals surface area contributed by atoms with E-state index < -0.39 is 22.5 Å². The molecule has 7 atom stereocenters. The number of aliphatic hydroxyl groups excluding tert-OH is 1. The first kappa shape index (κ1) is 17.1. The van der Waals surface area contributed by atoms with Crippen LogP contribution in [0.2, 0.25) is 0 Å². The van der Waals surface area contributed by atoms with Gasteiger partial charge in [0.15, 0.2) is 5.78 Å². The van der Waals surface area contributed by atoms with E-state index in [2.05, 4.69) is 0 Å². The van der Waals surface area contributed by atoms with Crippen molar-refractivity contribution in [2.24, 2.45) is 35.0 Å². The van der Waals surface area contributed by atoms with Crippen molar-refractivity contribution in [3.8, 4) is 0 Å². The van der Waals surface area contributed by atoms with Crippen molar-refractivity contribution in [2.75, 3.05) is 6.61 Å². The summed E-state index contributed by atoms with van der Waals surface area (Å²) in [5.41, 5.74) is -2.66. The van der Waals surface area contributed by atoms with E-state index in [-0.39, 0.29) is 48.3 Å². The molecule has 136 valence electrons.